The maximum absolute atomic E-state index is 7.30. The molecule has 4 aromatic heterocycles. The predicted molar refractivity (Wildman–Crippen MR) is 301 cm³/mol. The molecule has 12 aromatic rings. The molecule has 0 aliphatic rings. The topological polar surface area (TPSA) is 56.7 Å². The monoisotopic (exact) mass is 866 g/mol. The SMILES string of the molecule is [B]c1c([B])c([B])c(-c2c([B])c([B])c3c4c([B])c([B])c([B])c([B])c4n(-c4cccc5c4oc4cccc(-c6nc(-c7ccccc7)nc(-c7cccc8c7sc7ccccc78)n6)c45)c3c2[B])c([B])c1[B]. The lowest BCUT2D eigenvalue weighted by molar-refractivity contribution is 0.666. The zero-order valence-electron chi connectivity index (χ0n) is 36.4. The Labute approximate surface area is 416 Å². The Morgan fingerprint density at radius 3 is 1.64 bits per heavy atom. The van der Waals surface area contributed by atoms with Gasteiger partial charge in [0.1, 0.15) is 99.7 Å². The van der Waals surface area contributed by atoms with Gasteiger partial charge < -0.3 is 8.98 Å². The molecule has 4 heterocycles. The van der Waals surface area contributed by atoms with Crippen LogP contribution in [0.3, 0.4) is 0 Å². The van der Waals surface area contributed by atoms with Crippen LogP contribution in [0.4, 0.5) is 0 Å². The van der Waals surface area contributed by atoms with E-state index in [1.807, 2.05) is 91.0 Å². The smallest absolute Gasteiger partial charge is 0.165 e. The number of para-hydroxylation sites is 1. The molecule has 0 atom stereocenters. The summed E-state index contributed by atoms with van der Waals surface area (Å²) in [6, 6.07) is 35.8. The predicted octanol–water partition coefficient (Wildman–Crippen LogP) is -0.570. The van der Waals surface area contributed by atoms with Gasteiger partial charge in [-0.15, -0.1) is 38.7 Å². The first kappa shape index (κ1) is 43.6. The van der Waals surface area contributed by atoms with Gasteiger partial charge in [-0.2, -0.15) is 0 Å². The molecule has 69 heavy (non-hydrogen) atoms. The van der Waals surface area contributed by atoms with Crippen LogP contribution >= 0.6 is 11.3 Å². The van der Waals surface area contributed by atoms with Crippen molar-refractivity contribution in [3.05, 3.63) is 109 Å². The van der Waals surface area contributed by atoms with E-state index in [2.05, 4.69) is 18.2 Å². The number of benzene rings is 8. The van der Waals surface area contributed by atoms with Gasteiger partial charge in [0, 0.05) is 58.7 Å². The minimum atomic E-state index is -0.00933. The molecule has 0 bridgehead atoms. The molecule has 0 amide bonds. The summed E-state index contributed by atoms with van der Waals surface area (Å²) in [7, 11) is 80.4. The van der Waals surface area contributed by atoms with Gasteiger partial charge in [0.25, 0.3) is 0 Å². The van der Waals surface area contributed by atoms with Crippen LogP contribution in [0, 0.1) is 0 Å². The Hall–Kier alpha value is -6.63. The lowest BCUT2D eigenvalue weighted by Gasteiger charge is -2.26. The molecule has 5 nitrogen and oxygen atoms in total. The Bertz CT molecular complexity index is 4220. The van der Waals surface area contributed by atoms with Crippen molar-refractivity contribution in [2.24, 2.45) is 0 Å². The van der Waals surface area contributed by atoms with Crippen LogP contribution in [0.25, 0.3) is 115 Å². The van der Waals surface area contributed by atoms with Gasteiger partial charge in [0.05, 0.1) is 5.69 Å². The number of fused-ring (bicyclic) bond motifs is 9. The molecule has 290 valence electrons. The van der Waals surface area contributed by atoms with E-state index in [1.54, 1.807) is 15.9 Å². The molecule has 0 N–H and O–H groups in total. The molecular weight excluding hydrogens is 846 g/mol. The van der Waals surface area contributed by atoms with Crippen LogP contribution in [0.15, 0.2) is 114 Å². The number of nitrogens with zero attached hydrogens (tertiary/aromatic N) is 4. The highest BCUT2D eigenvalue weighted by molar-refractivity contribution is 7.26. The fraction of sp³-hybridized carbons (Fsp3) is 0. The molecule has 0 fully saturated rings. The van der Waals surface area contributed by atoms with E-state index in [1.165, 1.54) is 10.1 Å². The minimum absolute atomic E-state index is 0.00384. The molecule has 0 aliphatic heterocycles. The van der Waals surface area contributed by atoms with Crippen molar-refractivity contribution in [2.45, 2.75) is 0 Å². The van der Waals surface area contributed by atoms with Crippen molar-refractivity contribution < 1.29 is 4.42 Å². The number of rotatable bonds is 5. The third-order valence-corrected chi connectivity index (χ3v) is 14.4. The lowest BCUT2D eigenvalue weighted by atomic mass is 9.57. The standard InChI is InChI=1S/C51H18B12N4OS/c52-33-30(29-34(53)39(58)42(61)40(59)35(29)54)38(57)45-31(36(33)55)32-37(56)41(60)43(62)44(63)46(32)67(45)25-16-7-13-22-28-23(14-8-17-26(28)68-47(22)25)50-64-49(19-9-2-1-3-10-19)65-51(66-50)24-15-6-12-21-20-11-4-5-18-27(20)69-48(21)24/h1-18H. The number of furan rings is 1. The number of aromatic nitrogens is 4. The van der Waals surface area contributed by atoms with Crippen LogP contribution in [-0.2, 0) is 0 Å². The van der Waals surface area contributed by atoms with Crippen molar-refractivity contribution in [3.63, 3.8) is 0 Å². The summed E-state index contributed by atoms with van der Waals surface area (Å²) in [5, 5.41) is 4.40. The zero-order valence-corrected chi connectivity index (χ0v) is 37.2. The number of thiophene rings is 1. The van der Waals surface area contributed by atoms with Gasteiger partial charge in [-0.1, -0.05) is 123 Å². The Morgan fingerprint density at radius 2 is 0.899 bits per heavy atom. The molecule has 24 radical (unpaired) electrons. The van der Waals surface area contributed by atoms with E-state index in [4.69, 9.17) is 114 Å². The summed E-state index contributed by atoms with van der Waals surface area (Å²) in [6.45, 7) is 0. The zero-order chi connectivity index (χ0) is 47.9. The molecule has 18 heteroatoms. The highest BCUT2D eigenvalue weighted by Crippen LogP contribution is 2.42. The van der Waals surface area contributed by atoms with Crippen LogP contribution < -0.4 is 65.6 Å². The summed E-state index contributed by atoms with van der Waals surface area (Å²) in [5.74, 6) is 1.45. The first-order chi connectivity index (χ1) is 33.3. The first-order valence-corrected chi connectivity index (χ1v) is 22.3. The van der Waals surface area contributed by atoms with Gasteiger partial charge in [-0.3, -0.25) is 0 Å². The average molecular weight is 865 g/mol. The molecular formula is C51H18B12N4OS. The van der Waals surface area contributed by atoms with E-state index >= 15 is 0 Å². The molecule has 0 saturated carbocycles. The van der Waals surface area contributed by atoms with E-state index < -0.39 is 0 Å². The Kier molecular flexibility index (Phi) is 10.1. The van der Waals surface area contributed by atoms with E-state index in [0.29, 0.717) is 67.1 Å². The second kappa shape index (κ2) is 16.0. The van der Waals surface area contributed by atoms with Gasteiger partial charge in [-0.25, -0.2) is 15.0 Å². The van der Waals surface area contributed by atoms with Crippen molar-refractivity contribution in [3.8, 4) is 51.0 Å². The van der Waals surface area contributed by atoms with Gasteiger partial charge in [0.15, 0.2) is 23.1 Å². The highest BCUT2D eigenvalue weighted by Gasteiger charge is 2.28. The quantitative estimate of drug-likeness (QED) is 0.218. The van der Waals surface area contributed by atoms with Crippen molar-refractivity contribution in [1.82, 2.24) is 19.5 Å². The number of hydrogen-bond acceptors (Lipinski definition) is 5. The second-order valence-electron chi connectivity index (χ2n) is 16.9. The largest absolute Gasteiger partial charge is 0.454 e. The normalized spacial score (nSPS) is 11.9. The van der Waals surface area contributed by atoms with Gasteiger partial charge in [0.2, 0.25) is 0 Å². The Morgan fingerprint density at radius 1 is 0.391 bits per heavy atom. The third-order valence-electron chi connectivity index (χ3n) is 13.2. The second-order valence-corrected chi connectivity index (χ2v) is 17.9. The maximum Gasteiger partial charge on any atom is 0.165 e. The fourth-order valence-electron chi connectivity index (χ4n) is 9.77. The fourth-order valence-corrected chi connectivity index (χ4v) is 11.0. The maximum atomic E-state index is 7.30. The molecule has 8 aromatic carbocycles. The van der Waals surface area contributed by atoms with Gasteiger partial charge in [-0.05, 0) is 46.2 Å². The van der Waals surface area contributed by atoms with E-state index in [9.17, 15) is 0 Å². The average Bonchev–Trinajstić information content (AvgIpc) is 4.07. The summed E-state index contributed by atoms with van der Waals surface area (Å²) >= 11 is 1.70. The first-order valence-electron chi connectivity index (χ1n) is 21.5. The van der Waals surface area contributed by atoms with Crippen LogP contribution in [-0.4, -0.2) is 114 Å². The molecule has 0 spiro atoms. The lowest BCUT2D eigenvalue weighted by Crippen LogP contribution is -2.56. The molecule has 0 unspecified atom stereocenters. The Balaban J connectivity index is 1.17. The summed E-state index contributed by atoms with van der Waals surface area (Å²) in [4.78, 5) is 15.5. The van der Waals surface area contributed by atoms with Crippen molar-refractivity contribution >= 4 is 235 Å². The highest BCUT2D eigenvalue weighted by atomic mass is 32.1. The van der Waals surface area contributed by atoms with Gasteiger partial charge >= 0.3 is 0 Å². The minimum Gasteiger partial charge on any atom is -0.454 e. The van der Waals surface area contributed by atoms with Crippen LogP contribution in [0.1, 0.15) is 0 Å². The molecule has 0 saturated heterocycles. The van der Waals surface area contributed by atoms with Crippen LogP contribution in [0.5, 0.6) is 0 Å². The summed E-state index contributed by atoms with van der Waals surface area (Å²) in [5.41, 5.74) is 5.19. The van der Waals surface area contributed by atoms with E-state index in [0.717, 1.165) is 26.6 Å². The van der Waals surface area contributed by atoms with E-state index in [-0.39, 0.29) is 76.7 Å². The summed E-state index contributed by atoms with van der Waals surface area (Å²) < 4.78 is 10.9. The summed E-state index contributed by atoms with van der Waals surface area (Å²) in [6.07, 6.45) is 0. The third kappa shape index (κ3) is 6.23. The number of hydrogen-bond donors (Lipinski definition) is 0. The molecule has 0 aliphatic carbocycles. The van der Waals surface area contributed by atoms with Crippen LogP contribution in [0.2, 0.25) is 0 Å². The van der Waals surface area contributed by atoms with Crippen molar-refractivity contribution in [1.29, 1.82) is 0 Å². The van der Waals surface area contributed by atoms with Crippen molar-refractivity contribution in [2.75, 3.05) is 0 Å². The molecule has 12 rings (SSSR count).